The molecule has 18 heavy (non-hydrogen) atoms. The predicted molar refractivity (Wildman–Crippen MR) is 75.7 cm³/mol. The Hall–Kier alpha value is -0.670. The first-order valence-corrected chi connectivity index (χ1v) is 7.81. The summed E-state index contributed by atoms with van der Waals surface area (Å²) in [5, 5.41) is 8.97. The molecule has 0 saturated carbocycles. The Bertz CT molecular complexity index is 524. The molecule has 0 aliphatic rings. The lowest BCUT2D eigenvalue weighted by Gasteiger charge is -2.17. The first-order chi connectivity index (χ1) is 8.24. The average molecular weight is 383 g/mol. The van der Waals surface area contributed by atoms with E-state index in [4.69, 9.17) is 5.11 Å². The van der Waals surface area contributed by atoms with Crippen LogP contribution in [0, 0.1) is 9.49 Å². The van der Waals surface area contributed by atoms with Gasteiger partial charge in [-0.05, 0) is 52.8 Å². The van der Waals surface area contributed by atoms with Gasteiger partial charge in [-0.2, -0.15) is 4.72 Å². The van der Waals surface area contributed by atoms with E-state index in [1.807, 2.05) is 0 Å². The van der Waals surface area contributed by atoms with Crippen LogP contribution in [0.1, 0.15) is 13.8 Å². The third kappa shape index (κ3) is 3.92. The van der Waals surface area contributed by atoms with Crippen molar-refractivity contribution in [2.75, 3.05) is 0 Å². The van der Waals surface area contributed by atoms with Gasteiger partial charge in [-0.25, -0.2) is 8.42 Å². The molecule has 0 aliphatic heterocycles. The summed E-state index contributed by atoms with van der Waals surface area (Å²) >= 11 is 2.06. The molecule has 0 aromatic heterocycles. The Balaban J connectivity index is 3.01. The third-order valence-corrected chi connectivity index (χ3v) is 4.51. The van der Waals surface area contributed by atoms with Gasteiger partial charge in [-0.3, -0.25) is 4.79 Å². The highest BCUT2D eigenvalue weighted by Gasteiger charge is 2.27. The number of halogens is 1. The molecule has 1 unspecified atom stereocenters. The number of carbonyl (C=O) groups is 1. The van der Waals surface area contributed by atoms with E-state index >= 15 is 0 Å². The fraction of sp³-hybridized carbons (Fsp3) is 0.364. The minimum atomic E-state index is -3.80. The molecule has 0 heterocycles. The van der Waals surface area contributed by atoms with Gasteiger partial charge in [0.1, 0.15) is 6.04 Å². The number of sulfonamides is 1. The van der Waals surface area contributed by atoms with Crippen molar-refractivity contribution < 1.29 is 18.3 Å². The average Bonchev–Trinajstić information content (AvgIpc) is 2.26. The molecule has 0 fully saturated rings. The van der Waals surface area contributed by atoms with E-state index < -0.39 is 22.0 Å². The Kier molecular flexibility index (Phi) is 5.11. The second kappa shape index (κ2) is 5.98. The Labute approximate surface area is 120 Å². The van der Waals surface area contributed by atoms with Crippen molar-refractivity contribution in [3.8, 4) is 0 Å². The molecule has 1 atom stereocenters. The van der Waals surface area contributed by atoms with Crippen LogP contribution < -0.4 is 4.72 Å². The molecule has 100 valence electrons. The van der Waals surface area contributed by atoms with Gasteiger partial charge in [-0.15, -0.1) is 0 Å². The topological polar surface area (TPSA) is 83.5 Å². The molecule has 5 nitrogen and oxygen atoms in total. The molecule has 2 N–H and O–H groups in total. The van der Waals surface area contributed by atoms with E-state index in [1.165, 1.54) is 12.1 Å². The highest BCUT2D eigenvalue weighted by molar-refractivity contribution is 14.1. The van der Waals surface area contributed by atoms with Crippen LogP contribution in [0.15, 0.2) is 29.2 Å². The van der Waals surface area contributed by atoms with E-state index in [0.717, 1.165) is 3.57 Å². The van der Waals surface area contributed by atoms with Crippen molar-refractivity contribution in [1.82, 2.24) is 4.72 Å². The quantitative estimate of drug-likeness (QED) is 0.758. The normalized spacial score (nSPS) is 13.6. The molecule has 1 aromatic carbocycles. The van der Waals surface area contributed by atoms with Crippen LogP contribution in [0.3, 0.4) is 0 Å². The van der Waals surface area contributed by atoms with Crippen molar-refractivity contribution in [1.29, 1.82) is 0 Å². The molecule has 0 aliphatic carbocycles. The largest absolute Gasteiger partial charge is 0.480 e. The maximum absolute atomic E-state index is 12.0. The van der Waals surface area contributed by atoms with Crippen molar-refractivity contribution in [2.24, 2.45) is 5.92 Å². The van der Waals surface area contributed by atoms with Crippen molar-refractivity contribution in [2.45, 2.75) is 24.8 Å². The zero-order valence-electron chi connectivity index (χ0n) is 9.92. The summed E-state index contributed by atoms with van der Waals surface area (Å²) < 4.78 is 27.1. The molecular formula is C11H14INO4S. The molecule has 0 spiro atoms. The number of carboxylic acids is 1. The summed E-state index contributed by atoms with van der Waals surface area (Å²) in [6, 6.07) is 5.07. The molecule has 1 rings (SSSR count). The van der Waals surface area contributed by atoms with E-state index in [-0.39, 0.29) is 10.8 Å². The van der Waals surface area contributed by atoms with Crippen LogP contribution in [0.25, 0.3) is 0 Å². The van der Waals surface area contributed by atoms with Gasteiger partial charge >= 0.3 is 5.97 Å². The van der Waals surface area contributed by atoms with E-state index in [0.29, 0.717) is 0 Å². The molecule has 7 heteroatoms. The zero-order valence-corrected chi connectivity index (χ0v) is 12.9. The second-order valence-electron chi connectivity index (χ2n) is 4.14. The molecule has 0 radical (unpaired) electrons. The van der Waals surface area contributed by atoms with Crippen LogP contribution in [0.2, 0.25) is 0 Å². The van der Waals surface area contributed by atoms with Crippen LogP contribution in [0.4, 0.5) is 0 Å². The van der Waals surface area contributed by atoms with Crippen LogP contribution in [-0.4, -0.2) is 25.5 Å². The standard InChI is InChI=1S/C11H14INO4S/c1-7(2)10(11(14)15)13-18(16,17)9-5-3-8(12)4-6-9/h3-7,10,13H,1-2H3,(H,14,15). The van der Waals surface area contributed by atoms with Gasteiger partial charge in [0.2, 0.25) is 10.0 Å². The monoisotopic (exact) mass is 383 g/mol. The molecule has 0 amide bonds. The fourth-order valence-electron chi connectivity index (χ4n) is 1.32. The predicted octanol–water partition coefficient (Wildman–Crippen LogP) is 1.68. The number of rotatable bonds is 5. The Morgan fingerprint density at radius 3 is 2.17 bits per heavy atom. The summed E-state index contributed by atoms with van der Waals surface area (Å²) in [4.78, 5) is 11.0. The van der Waals surface area contributed by atoms with Gasteiger partial charge in [0, 0.05) is 3.57 Å². The summed E-state index contributed by atoms with van der Waals surface area (Å²) in [7, 11) is -3.80. The Morgan fingerprint density at radius 1 is 1.28 bits per heavy atom. The smallest absolute Gasteiger partial charge is 0.322 e. The van der Waals surface area contributed by atoms with Gasteiger partial charge in [-0.1, -0.05) is 13.8 Å². The Morgan fingerprint density at radius 2 is 1.78 bits per heavy atom. The summed E-state index contributed by atoms with van der Waals surface area (Å²) in [5.41, 5.74) is 0. The molecular weight excluding hydrogens is 369 g/mol. The molecule has 1 aromatic rings. The maximum atomic E-state index is 12.0. The molecule has 0 saturated heterocycles. The lowest BCUT2D eigenvalue weighted by molar-refractivity contribution is -0.140. The van der Waals surface area contributed by atoms with Crippen LogP contribution in [-0.2, 0) is 14.8 Å². The highest BCUT2D eigenvalue weighted by atomic mass is 127. The van der Waals surface area contributed by atoms with Crippen LogP contribution in [0.5, 0.6) is 0 Å². The number of carboxylic acid groups (broad SMARTS) is 1. The second-order valence-corrected chi connectivity index (χ2v) is 7.09. The minimum absolute atomic E-state index is 0.0646. The lowest BCUT2D eigenvalue weighted by atomic mass is 10.1. The summed E-state index contributed by atoms with van der Waals surface area (Å²) in [6.45, 7) is 3.30. The zero-order chi connectivity index (χ0) is 13.9. The van der Waals surface area contributed by atoms with E-state index in [2.05, 4.69) is 27.3 Å². The van der Waals surface area contributed by atoms with Gasteiger partial charge in [0.05, 0.1) is 4.90 Å². The maximum Gasteiger partial charge on any atom is 0.322 e. The fourth-order valence-corrected chi connectivity index (χ4v) is 3.02. The lowest BCUT2D eigenvalue weighted by Crippen LogP contribution is -2.44. The van der Waals surface area contributed by atoms with Gasteiger partial charge in [0.15, 0.2) is 0 Å². The van der Waals surface area contributed by atoms with E-state index in [9.17, 15) is 13.2 Å². The van der Waals surface area contributed by atoms with Crippen LogP contribution >= 0.6 is 22.6 Å². The number of hydrogen-bond donors (Lipinski definition) is 2. The van der Waals surface area contributed by atoms with Gasteiger partial charge < -0.3 is 5.11 Å². The number of nitrogens with one attached hydrogen (secondary N) is 1. The van der Waals surface area contributed by atoms with Crippen molar-refractivity contribution in [3.05, 3.63) is 27.8 Å². The number of aliphatic carboxylic acids is 1. The first-order valence-electron chi connectivity index (χ1n) is 5.25. The third-order valence-electron chi connectivity index (χ3n) is 2.34. The molecule has 0 bridgehead atoms. The minimum Gasteiger partial charge on any atom is -0.480 e. The number of hydrogen-bond acceptors (Lipinski definition) is 3. The first kappa shape index (κ1) is 15.4. The number of benzene rings is 1. The van der Waals surface area contributed by atoms with Gasteiger partial charge in [0.25, 0.3) is 0 Å². The highest BCUT2D eigenvalue weighted by Crippen LogP contribution is 2.14. The summed E-state index contributed by atoms with van der Waals surface area (Å²) in [6.07, 6.45) is 0. The SMILES string of the molecule is CC(C)C(NS(=O)(=O)c1ccc(I)cc1)C(=O)O. The van der Waals surface area contributed by atoms with Crippen molar-refractivity contribution >= 4 is 38.6 Å². The summed E-state index contributed by atoms with van der Waals surface area (Å²) in [5.74, 6) is -1.51. The van der Waals surface area contributed by atoms with E-state index in [1.54, 1.807) is 26.0 Å². The van der Waals surface area contributed by atoms with Crippen molar-refractivity contribution in [3.63, 3.8) is 0 Å².